The molecule has 0 saturated heterocycles. The molecular formula is C17H20F3IN6S. The molecule has 3 rings (SSSR count). The second-order valence-electron chi connectivity index (χ2n) is 5.70. The van der Waals surface area contributed by atoms with Gasteiger partial charge in [-0.15, -0.1) is 35.3 Å². The van der Waals surface area contributed by atoms with Crippen LogP contribution in [0.15, 0.2) is 34.6 Å². The molecule has 0 fully saturated rings. The van der Waals surface area contributed by atoms with Gasteiger partial charge in [-0.25, -0.2) is 15.0 Å². The molecule has 0 radical (unpaired) electrons. The highest BCUT2D eigenvalue weighted by Gasteiger charge is 2.33. The third-order valence-corrected chi connectivity index (χ3v) is 4.49. The Morgan fingerprint density at radius 3 is 2.68 bits per heavy atom. The van der Waals surface area contributed by atoms with Crippen LogP contribution in [0.5, 0.6) is 0 Å². The number of para-hydroxylation sites is 2. The Hall–Kier alpha value is -1.89. The Bertz CT molecular complexity index is 888. The minimum atomic E-state index is -4.42. The number of hydrogen-bond donors (Lipinski definition) is 3. The van der Waals surface area contributed by atoms with E-state index in [4.69, 9.17) is 0 Å². The van der Waals surface area contributed by atoms with Gasteiger partial charge in [0, 0.05) is 24.9 Å². The summed E-state index contributed by atoms with van der Waals surface area (Å²) in [6.45, 7) is 3.22. The van der Waals surface area contributed by atoms with Gasteiger partial charge in [-0.1, -0.05) is 12.1 Å². The lowest BCUT2D eigenvalue weighted by atomic mass is 10.3. The molecule has 3 N–H and O–H groups in total. The average molecular weight is 524 g/mol. The van der Waals surface area contributed by atoms with E-state index in [0.29, 0.717) is 30.5 Å². The predicted octanol–water partition coefficient (Wildman–Crippen LogP) is 3.95. The number of benzene rings is 1. The largest absolute Gasteiger partial charge is 0.434 e. The number of halogens is 4. The highest BCUT2D eigenvalue weighted by molar-refractivity contribution is 14.0. The first-order valence-electron chi connectivity index (χ1n) is 8.43. The van der Waals surface area contributed by atoms with Gasteiger partial charge in [0.15, 0.2) is 11.7 Å². The highest BCUT2D eigenvalue weighted by Crippen LogP contribution is 2.30. The van der Waals surface area contributed by atoms with E-state index in [2.05, 4.69) is 30.6 Å². The summed E-state index contributed by atoms with van der Waals surface area (Å²) in [7, 11) is 0. The van der Waals surface area contributed by atoms with Crippen LogP contribution in [0.25, 0.3) is 11.0 Å². The molecule has 1 aromatic carbocycles. The third-order valence-electron chi connectivity index (χ3n) is 3.65. The summed E-state index contributed by atoms with van der Waals surface area (Å²) in [5.74, 6) is 1.38. The van der Waals surface area contributed by atoms with Gasteiger partial charge in [0.1, 0.15) is 10.8 Å². The maximum atomic E-state index is 12.6. The van der Waals surface area contributed by atoms with Gasteiger partial charge < -0.3 is 15.6 Å². The van der Waals surface area contributed by atoms with Crippen LogP contribution in [0.2, 0.25) is 0 Å². The number of nitrogens with one attached hydrogen (secondary N) is 3. The zero-order valence-corrected chi connectivity index (χ0v) is 18.2. The normalized spacial score (nSPS) is 12.1. The van der Waals surface area contributed by atoms with E-state index < -0.39 is 11.9 Å². The van der Waals surface area contributed by atoms with E-state index in [1.807, 2.05) is 31.2 Å². The number of alkyl halides is 3. The summed E-state index contributed by atoms with van der Waals surface area (Å²) in [5.41, 5.74) is 1.02. The number of aliphatic imine (C=N–C) groups is 1. The number of guanidine groups is 1. The van der Waals surface area contributed by atoms with Crippen LogP contribution in [0.1, 0.15) is 23.4 Å². The standard InChI is InChI=1S/C17H19F3N6S.HI/c1-2-21-16(23-9-15-26-13(10-27-15)17(18,19)20)22-8-7-14-24-11-5-3-4-6-12(11)25-14;/h3-6,10H,2,7-9H2,1H3,(H,24,25)(H2,21,22,23);1H. The van der Waals surface area contributed by atoms with E-state index >= 15 is 0 Å². The summed E-state index contributed by atoms with van der Waals surface area (Å²) in [4.78, 5) is 15.6. The second-order valence-corrected chi connectivity index (χ2v) is 6.64. The summed E-state index contributed by atoms with van der Waals surface area (Å²) < 4.78 is 37.8. The lowest BCUT2D eigenvalue weighted by molar-refractivity contribution is -0.140. The second kappa shape index (κ2) is 10.0. The molecule has 3 aromatic rings. The Labute approximate surface area is 181 Å². The molecule has 0 amide bonds. The van der Waals surface area contributed by atoms with Gasteiger partial charge in [-0.3, -0.25) is 0 Å². The summed E-state index contributed by atoms with van der Waals surface area (Å²) >= 11 is 0.951. The SMILES string of the molecule is CCNC(=NCc1nc(C(F)(F)F)cs1)NCCc1nc2ccccc2[nH]1.I. The Morgan fingerprint density at radius 2 is 2.00 bits per heavy atom. The first-order valence-corrected chi connectivity index (χ1v) is 9.31. The van der Waals surface area contributed by atoms with Crippen LogP contribution in [0.4, 0.5) is 13.2 Å². The molecule has 6 nitrogen and oxygen atoms in total. The number of fused-ring (bicyclic) bond motifs is 1. The van der Waals surface area contributed by atoms with Crippen LogP contribution in [0.3, 0.4) is 0 Å². The molecule has 0 bridgehead atoms. The third kappa shape index (κ3) is 6.06. The fourth-order valence-electron chi connectivity index (χ4n) is 2.43. The highest BCUT2D eigenvalue weighted by atomic mass is 127. The molecule has 0 saturated carbocycles. The van der Waals surface area contributed by atoms with E-state index in [1.165, 1.54) is 0 Å². The zero-order valence-electron chi connectivity index (χ0n) is 15.0. The molecule has 2 heterocycles. The van der Waals surface area contributed by atoms with Crippen molar-refractivity contribution in [1.29, 1.82) is 0 Å². The molecule has 0 aliphatic carbocycles. The lowest BCUT2D eigenvalue weighted by Crippen LogP contribution is -2.38. The minimum Gasteiger partial charge on any atom is -0.357 e. The number of hydrogen-bond acceptors (Lipinski definition) is 4. The number of imidazole rings is 1. The van der Waals surface area contributed by atoms with Gasteiger partial charge in [-0.2, -0.15) is 13.2 Å². The van der Waals surface area contributed by atoms with Gasteiger partial charge in [0.2, 0.25) is 0 Å². The Morgan fingerprint density at radius 1 is 1.21 bits per heavy atom. The molecule has 0 unspecified atom stereocenters. The van der Waals surface area contributed by atoms with Gasteiger partial charge >= 0.3 is 6.18 Å². The van der Waals surface area contributed by atoms with Crippen LogP contribution >= 0.6 is 35.3 Å². The van der Waals surface area contributed by atoms with Gasteiger partial charge in [0.25, 0.3) is 0 Å². The maximum Gasteiger partial charge on any atom is 0.434 e. The number of aromatic nitrogens is 3. The van der Waals surface area contributed by atoms with Crippen molar-refractivity contribution in [2.45, 2.75) is 26.1 Å². The first-order chi connectivity index (χ1) is 13.0. The Kier molecular flexibility index (Phi) is 8.04. The fraction of sp³-hybridized carbons (Fsp3) is 0.353. The quantitative estimate of drug-likeness (QED) is 0.259. The molecule has 11 heteroatoms. The van der Waals surface area contributed by atoms with Crippen molar-refractivity contribution in [3.63, 3.8) is 0 Å². The van der Waals surface area contributed by atoms with Crippen molar-refractivity contribution in [1.82, 2.24) is 25.6 Å². The monoisotopic (exact) mass is 524 g/mol. The number of nitrogens with zero attached hydrogens (tertiary/aromatic N) is 3. The molecule has 0 aliphatic heterocycles. The van der Waals surface area contributed by atoms with Gasteiger partial charge in [0.05, 0.1) is 17.6 Å². The number of rotatable bonds is 6. The topological polar surface area (TPSA) is 78.0 Å². The van der Waals surface area contributed by atoms with Crippen LogP contribution in [-0.4, -0.2) is 34.0 Å². The Balaban J connectivity index is 0.00000280. The minimum absolute atomic E-state index is 0. The molecule has 0 atom stereocenters. The van der Waals surface area contributed by atoms with E-state index in [9.17, 15) is 13.2 Å². The summed E-state index contributed by atoms with van der Waals surface area (Å²) in [5, 5.41) is 7.54. The van der Waals surface area contributed by atoms with Gasteiger partial charge in [-0.05, 0) is 19.1 Å². The van der Waals surface area contributed by atoms with Crippen molar-refractivity contribution >= 4 is 52.3 Å². The van der Waals surface area contributed by atoms with E-state index in [1.54, 1.807) is 0 Å². The van der Waals surface area contributed by atoms with Crippen molar-refractivity contribution in [2.75, 3.05) is 13.1 Å². The maximum absolute atomic E-state index is 12.6. The number of H-pyrrole nitrogens is 1. The van der Waals surface area contributed by atoms with Crippen LogP contribution in [-0.2, 0) is 19.1 Å². The van der Waals surface area contributed by atoms with Crippen LogP contribution in [0, 0.1) is 0 Å². The predicted molar refractivity (Wildman–Crippen MR) is 115 cm³/mol. The van der Waals surface area contributed by atoms with E-state index in [-0.39, 0.29) is 30.5 Å². The number of thiazole rings is 1. The van der Waals surface area contributed by atoms with Crippen molar-refractivity contribution in [2.24, 2.45) is 4.99 Å². The molecule has 2 aromatic heterocycles. The summed E-state index contributed by atoms with van der Waals surface area (Å²) in [6.07, 6.45) is -3.76. The molecule has 28 heavy (non-hydrogen) atoms. The first kappa shape index (κ1) is 22.4. The molecule has 0 aliphatic rings. The van der Waals surface area contributed by atoms with Crippen molar-refractivity contribution in [3.8, 4) is 0 Å². The number of aromatic amines is 1. The molecule has 152 valence electrons. The fourth-order valence-corrected chi connectivity index (χ4v) is 3.15. The molecular weight excluding hydrogens is 504 g/mol. The lowest BCUT2D eigenvalue weighted by Gasteiger charge is -2.10. The van der Waals surface area contributed by atoms with E-state index in [0.717, 1.165) is 33.6 Å². The van der Waals surface area contributed by atoms with Crippen molar-refractivity contribution in [3.05, 3.63) is 46.2 Å². The molecule has 0 spiro atoms. The summed E-state index contributed by atoms with van der Waals surface area (Å²) in [6, 6.07) is 7.79. The average Bonchev–Trinajstić information content (AvgIpc) is 3.26. The van der Waals surface area contributed by atoms with Crippen LogP contribution < -0.4 is 10.6 Å². The zero-order chi connectivity index (χ0) is 19.3. The smallest absolute Gasteiger partial charge is 0.357 e. The van der Waals surface area contributed by atoms with Crippen molar-refractivity contribution < 1.29 is 13.2 Å².